The van der Waals surface area contributed by atoms with Crippen molar-refractivity contribution in [2.45, 2.75) is 19.4 Å². The lowest BCUT2D eigenvalue weighted by Crippen LogP contribution is -2.13. The van der Waals surface area contributed by atoms with Crippen LogP contribution in [0.4, 0.5) is 10.1 Å². The Labute approximate surface area is 123 Å². The average Bonchev–Trinajstić information content (AvgIpc) is 2.54. The number of hydrogen-bond donors (Lipinski definition) is 1. The van der Waals surface area contributed by atoms with Crippen LogP contribution in [-0.4, -0.2) is 6.54 Å². The molecule has 1 aliphatic rings. The summed E-state index contributed by atoms with van der Waals surface area (Å²) in [5.74, 6) is 0.376. The molecule has 0 fully saturated rings. The number of hydrogen-bond acceptors (Lipinski definition) is 3. The number of nitriles is 1. The van der Waals surface area contributed by atoms with Gasteiger partial charge in [0.25, 0.3) is 0 Å². The van der Waals surface area contributed by atoms with Crippen molar-refractivity contribution in [1.82, 2.24) is 0 Å². The van der Waals surface area contributed by atoms with E-state index >= 15 is 0 Å². The number of fused-ring (bicyclic) bond motifs is 1. The molecular weight excluding hydrogens is 267 g/mol. The lowest BCUT2D eigenvalue weighted by atomic mass is 10.0. The quantitative estimate of drug-likeness (QED) is 0.935. The van der Waals surface area contributed by atoms with Gasteiger partial charge < -0.3 is 10.1 Å². The Balaban J connectivity index is 1.81. The average molecular weight is 282 g/mol. The van der Waals surface area contributed by atoms with Crippen LogP contribution >= 0.6 is 0 Å². The van der Waals surface area contributed by atoms with Crippen LogP contribution in [-0.2, 0) is 13.0 Å². The third-order valence-electron chi connectivity index (χ3n) is 3.60. The third kappa shape index (κ3) is 2.82. The molecule has 3 nitrogen and oxygen atoms in total. The predicted molar refractivity (Wildman–Crippen MR) is 78.7 cm³/mol. The SMILES string of the molecule is N#Cc1ccc(F)c(COc2cccc3c2NCCC3)c1. The maximum Gasteiger partial charge on any atom is 0.143 e. The van der Waals surface area contributed by atoms with Gasteiger partial charge in [0.15, 0.2) is 0 Å². The second kappa shape index (κ2) is 5.84. The van der Waals surface area contributed by atoms with Gasteiger partial charge in [0.05, 0.1) is 17.3 Å². The van der Waals surface area contributed by atoms with Crippen LogP contribution in [0.3, 0.4) is 0 Å². The molecule has 0 bridgehead atoms. The summed E-state index contributed by atoms with van der Waals surface area (Å²) in [6.45, 7) is 1.03. The van der Waals surface area contributed by atoms with Gasteiger partial charge in [-0.15, -0.1) is 0 Å². The minimum absolute atomic E-state index is 0.111. The second-order valence-electron chi connectivity index (χ2n) is 5.03. The van der Waals surface area contributed by atoms with Gasteiger partial charge in [0.1, 0.15) is 18.2 Å². The molecule has 2 aromatic carbocycles. The highest BCUT2D eigenvalue weighted by atomic mass is 19.1. The Kier molecular flexibility index (Phi) is 3.74. The standard InChI is InChI=1S/C17H15FN2O/c18-15-7-6-12(10-19)9-14(15)11-21-16-5-1-3-13-4-2-8-20-17(13)16/h1,3,5-7,9,20H,2,4,8,11H2. The van der Waals surface area contributed by atoms with E-state index in [4.69, 9.17) is 10.00 Å². The molecule has 21 heavy (non-hydrogen) atoms. The van der Waals surface area contributed by atoms with Crippen LogP contribution in [0.5, 0.6) is 5.75 Å². The molecule has 0 spiro atoms. The molecular formula is C17H15FN2O. The topological polar surface area (TPSA) is 45.0 Å². The van der Waals surface area contributed by atoms with Gasteiger partial charge in [-0.1, -0.05) is 12.1 Å². The van der Waals surface area contributed by atoms with E-state index in [9.17, 15) is 4.39 Å². The number of para-hydroxylation sites is 1. The van der Waals surface area contributed by atoms with Crippen molar-refractivity contribution in [3.8, 4) is 11.8 Å². The molecule has 0 radical (unpaired) electrons. The van der Waals surface area contributed by atoms with E-state index in [1.165, 1.54) is 23.8 Å². The van der Waals surface area contributed by atoms with Crippen molar-refractivity contribution in [2.75, 3.05) is 11.9 Å². The predicted octanol–water partition coefficient (Wildman–Crippen LogP) is 3.63. The summed E-state index contributed by atoms with van der Waals surface area (Å²) in [6, 6.07) is 12.2. The van der Waals surface area contributed by atoms with Gasteiger partial charge in [-0.2, -0.15) is 5.26 Å². The fraction of sp³-hybridized carbons (Fsp3) is 0.235. The largest absolute Gasteiger partial charge is 0.487 e. The van der Waals surface area contributed by atoms with E-state index in [2.05, 4.69) is 11.4 Å². The van der Waals surface area contributed by atoms with E-state index in [-0.39, 0.29) is 12.4 Å². The van der Waals surface area contributed by atoms with Crippen molar-refractivity contribution in [2.24, 2.45) is 0 Å². The van der Waals surface area contributed by atoms with Crippen LogP contribution in [0.2, 0.25) is 0 Å². The summed E-state index contributed by atoms with van der Waals surface area (Å²) in [4.78, 5) is 0. The Morgan fingerprint density at radius 1 is 1.29 bits per heavy atom. The molecule has 0 amide bonds. The van der Waals surface area contributed by atoms with E-state index in [0.29, 0.717) is 11.1 Å². The van der Waals surface area contributed by atoms with Gasteiger partial charge >= 0.3 is 0 Å². The Morgan fingerprint density at radius 3 is 3.05 bits per heavy atom. The number of nitrogens with one attached hydrogen (secondary N) is 1. The van der Waals surface area contributed by atoms with Crippen LogP contribution in [0.25, 0.3) is 0 Å². The summed E-state index contributed by atoms with van der Waals surface area (Å²) >= 11 is 0. The first kappa shape index (κ1) is 13.4. The van der Waals surface area contributed by atoms with Crippen molar-refractivity contribution in [3.05, 3.63) is 58.9 Å². The highest BCUT2D eigenvalue weighted by molar-refractivity contribution is 5.63. The Morgan fingerprint density at radius 2 is 2.19 bits per heavy atom. The summed E-state index contributed by atoms with van der Waals surface area (Å²) < 4.78 is 19.5. The monoisotopic (exact) mass is 282 g/mol. The third-order valence-corrected chi connectivity index (χ3v) is 3.60. The first-order valence-electron chi connectivity index (χ1n) is 6.95. The number of benzene rings is 2. The maximum atomic E-state index is 13.7. The molecule has 106 valence electrons. The van der Waals surface area contributed by atoms with Gasteiger partial charge in [0, 0.05) is 12.1 Å². The molecule has 0 atom stereocenters. The fourth-order valence-electron chi connectivity index (χ4n) is 2.51. The van der Waals surface area contributed by atoms with Crippen LogP contribution in [0, 0.1) is 17.1 Å². The molecule has 0 aromatic heterocycles. The van der Waals surface area contributed by atoms with Gasteiger partial charge in [0.2, 0.25) is 0 Å². The van der Waals surface area contributed by atoms with E-state index < -0.39 is 0 Å². The number of nitrogens with zero attached hydrogens (tertiary/aromatic N) is 1. The zero-order valence-corrected chi connectivity index (χ0v) is 11.5. The number of ether oxygens (including phenoxy) is 1. The number of rotatable bonds is 3. The van der Waals surface area contributed by atoms with Crippen molar-refractivity contribution < 1.29 is 9.13 Å². The number of aryl methyl sites for hydroxylation is 1. The molecule has 3 rings (SSSR count). The van der Waals surface area contributed by atoms with Crippen molar-refractivity contribution >= 4 is 5.69 Å². The Hall–Kier alpha value is -2.54. The molecule has 1 N–H and O–H groups in total. The Bertz CT molecular complexity index is 706. The maximum absolute atomic E-state index is 13.7. The van der Waals surface area contributed by atoms with Crippen LogP contribution in [0.15, 0.2) is 36.4 Å². The smallest absolute Gasteiger partial charge is 0.143 e. The highest BCUT2D eigenvalue weighted by Crippen LogP contribution is 2.32. The van der Waals surface area contributed by atoms with Crippen molar-refractivity contribution in [3.63, 3.8) is 0 Å². The lowest BCUT2D eigenvalue weighted by molar-refractivity contribution is 0.300. The fourth-order valence-corrected chi connectivity index (χ4v) is 2.51. The molecule has 4 heteroatoms. The molecule has 1 heterocycles. The van der Waals surface area contributed by atoms with Crippen LogP contribution in [0.1, 0.15) is 23.1 Å². The zero-order chi connectivity index (χ0) is 14.7. The lowest BCUT2D eigenvalue weighted by Gasteiger charge is -2.21. The number of halogens is 1. The molecule has 0 aliphatic carbocycles. The van der Waals surface area contributed by atoms with Gasteiger partial charge in [-0.25, -0.2) is 4.39 Å². The minimum atomic E-state index is -0.355. The molecule has 1 aliphatic heterocycles. The normalized spacial score (nSPS) is 13.0. The van der Waals surface area contributed by atoms with Crippen LogP contribution < -0.4 is 10.1 Å². The minimum Gasteiger partial charge on any atom is -0.487 e. The van der Waals surface area contributed by atoms with Gasteiger partial charge in [-0.3, -0.25) is 0 Å². The highest BCUT2D eigenvalue weighted by Gasteiger charge is 2.14. The zero-order valence-electron chi connectivity index (χ0n) is 11.5. The summed E-state index contributed by atoms with van der Waals surface area (Å²) in [7, 11) is 0. The van der Waals surface area contributed by atoms with E-state index in [1.54, 1.807) is 0 Å². The second-order valence-corrected chi connectivity index (χ2v) is 5.03. The van der Waals surface area contributed by atoms with Gasteiger partial charge in [-0.05, 0) is 42.7 Å². The summed E-state index contributed by atoms with van der Waals surface area (Å²) in [5, 5.41) is 12.2. The summed E-state index contributed by atoms with van der Waals surface area (Å²) in [6.07, 6.45) is 2.13. The summed E-state index contributed by atoms with van der Waals surface area (Å²) in [5.41, 5.74) is 3.05. The molecule has 0 saturated carbocycles. The molecule has 2 aromatic rings. The number of anilines is 1. The van der Waals surface area contributed by atoms with E-state index in [1.807, 2.05) is 18.2 Å². The first-order chi connectivity index (χ1) is 10.3. The molecule has 0 saturated heterocycles. The first-order valence-corrected chi connectivity index (χ1v) is 6.95. The van der Waals surface area contributed by atoms with E-state index in [0.717, 1.165) is 30.8 Å². The van der Waals surface area contributed by atoms with Crippen molar-refractivity contribution in [1.29, 1.82) is 5.26 Å². The molecule has 0 unspecified atom stereocenters.